The molecule has 0 saturated carbocycles. The number of carbonyl (C=O) groups excluding carboxylic acids is 3. The molecule has 3 atom stereocenters. The van der Waals surface area contributed by atoms with Gasteiger partial charge in [0, 0.05) is 25.6 Å². The van der Waals surface area contributed by atoms with Crippen LogP contribution in [0, 0.1) is 11.8 Å². The number of likely N-dealkylation sites (tertiary alicyclic amines) is 2. The van der Waals surface area contributed by atoms with Crippen LogP contribution in [0.3, 0.4) is 0 Å². The molecule has 2 fully saturated rings. The zero-order chi connectivity index (χ0) is 34.7. The molecule has 3 N–H and O–H groups in total. The van der Waals surface area contributed by atoms with Crippen molar-refractivity contribution in [3.05, 3.63) is 72.6 Å². The maximum Gasteiger partial charge on any atom is 0.425 e. The molecule has 12 nitrogen and oxygen atoms in total. The average molecular weight is 667 g/mol. The minimum atomic E-state index is -0.685. The molecule has 4 heterocycles. The van der Waals surface area contributed by atoms with Crippen LogP contribution in [0.25, 0.3) is 33.6 Å². The number of aromatic nitrogens is 4. The number of H-pyrrole nitrogens is 2. The van der Waals surface area contributed by atoms with E-state index in [0.717, 1.165) is 71.7 Å². The maximum atomic E-state index is 13.2. The van der Waals surface area contributed by atoms with Crippen molar-refractivity contribution in [1.29, 1.82) is 0 Å². The van der Waals surface area contributed by atoms with Crippen LogP contribution in [-0.2, 0) is 9.53 Å². The van der Waals surface area contributed by atoms with Crippen LogP contribution in [0.2, 0.25) is 0 Å². The number of amides is 4. The molecule has 4 amide bonds. The highest BCUT2D eigenvalue weighted by Crippen LogP contribution is 2.35. The van der Waals surface area contributed by atoms with Crippen LogP contribution in [0.5, 0.6) is 0 Å². The van der Waals surface area contributed by atoms with Gasteiger partial charge in [-0.25, -0.2) is 30.0 Å². The molecule has 2 saturated heterocycles. The lowest BCUT2D eigenvalue weighted by Gasteiger charge is -2.30. The van der Waals surface area contributed by atoms with E-state index in [9.17, 15) is 14.4 Å². The predicted molar refractivity (Wildman–Crippen MR) is 187 cm³/mol. The second kappa shape index (κ2) is 14.6. The minimum absolute atomic E-state index is 0.00691. The molecule has 0 unspecified atom stereocenters. The number of nitrogens with zero attached hydrogens (tertiary/aromatic N) is 5. The van der Waals surface area contributed by atoms with Crippen LogP contribution < -0.4 is 5.43 Å². The first-order chi connectivity index (χ1) is 23.7. The summed E-state index contributed by atoms with van der Waals surface area (Å²) in [6.07, 6.45) is 6.51. The number of rotatable bonds is 8. The van der Waals surface area contributed by atoms with Crippen LogP contribution in [0.1, 0.15) is 77.1 Å². The Kier molecular flexibility index (Phi) is 10.0. The fourth-order valence-electron chi connectivity index (χ4n) is 6.70. The van der Waals surface area contributed by atoms with E-state index in [1.165, 1.54) is 12.1 Å². The third-order valence-electron chi connectivity index (χ3n) is 9.93. The number of urea groups is 1. The Hall–Kier alpha value is -5.13. The number of hydrogen-bond donors (Lipinski definition) is 3. The van der Waals surface area contributed by atoms with Gasteiger partial charge in [-0.15, -0.1) is 0 Å². The Bertz CT molecular complexity index is 1760. The number of hydrogen-bond acceptors (Lipinski definition) is 6. The Morgan fingerprint density at radius 3 is 1.76 bits per heavy atom. The van der Waals surface area contributed by atoms with E-state index >= 15 is 0 Å². The number of benzene rings is 2. The van der Waals surface area contributed by atoms with E-state index in [0.29, 0.717) is 24.8 Å². The number of methoxy groups -OCH3 is 1. The smallest absolute Gasteiger partial charge is 0.425 e. The van der Waals surface area contributed by atoms with Crippen molar-refractivity contribution in [2.24, 2.45) is 11.8 Å². The molecule has 0 bridgehead atoms. The van der Waals surface area contributed by atoms with Gasteiger partial charge in [0.1, 0.15) is 11.6 Å². The Labute approximate surface area is 287 Å². The lowest BCUT2D eigenvalue weighted by Crippen LogP contribution is -2.51. The van der Waals surface area contributed by atoms with Crippen LogP contribution in [0.15, 0.2) is 60.9 Å². The molecule has 6 rings (SSSR count). The molecule has 0 spiro atoms. The predicted octanol–water partition coefficient (Wildman–Crippen LogP) is 6.94. The zero-order valence-corrected chi connectivity index (χ0v) is 28.9. The average Bonchev–Trinajstić information content (AvgIpc) is 3.96. The van der Waals surface area contributed by atoms with Crippen molar-refractivity contribution in [1.82, 2.24) is 40.2 Å². The molecule has 0 aliphatic carbocycles. The van der Waals surface area contributed by atoms with E-state index < -0.39 is 6.09 Å². The normalized spacial score (nSPS) is 18.2. The summed E-state index contributed by atoms with van der Waals surface area (Å²) in [4.78, 5) is 58.1. The Morgan fingerprint density at radius 2 is 1.29 bits per heavy atom. The number of ether oxygens (including phenoxy) is 1. The van der Waals surface area contributed by atoms with Crippen LogP contribution in [-0.4, -0.2) is 79.5 Å². The van der Waals surface area contributed by atoms with Crippen molar-refractivity contribution in [2.45, 2.75) is 65.5 Å². The summed E-state index contributed by atoms with van der Waals surface area (Å²) < 4.78 is 4.66. The molecule has 4 aromatic rings. The Balaban J connectivity index is 1.11. The minimum Gasteiger partial charge on any atom is -0.452 e. The molecule has 49 heavy (non-hydrogen) atoms. The summed E-state index contributed by atoms with van der Waals surface area (Å²) >= 11 is 0. The second-order valence-corrected chi connectivity index (χ2v) is 13.2. The lowest BCUT2D eigenvalue weighted by atomic mass is 9.96. The maximum absolute atomic E-state index is 13.2. The van der Waals surface area contributed by atoms with Gasteiger partial charge in [0.05, 0.1) is 43.0 Å². The zero-order valence-electron chi connectivity index (χ0n) is 28.9. The molecule has 0 radical (unpaired) electrons. The molecular weight excluding hydrogens is 620 g/mol. The number of hydrazine groups is 1. The Morgan fingerprint density at radius 1 is 0.816 bits per heavy atom. The highest BCUT2D eigenvalue weighted by molar-refractivity contribution is 5.80. The largest absolute Gasteiger partial charge is 0.452 e. The molecule has 2 aliphatic rings. The summed E-state index contributed by atoms with van der Waals surface area (Å²) in [6, 6.07) is 16.2. The quantitative estimate of drug-likeness (QED) is 0.174. The summed E-state index contributed by atoms with van der Waals surface area (Å²) in [5.41, 5.74) is 8.50. The molecule has 2 aliphatic heterocycles. The number of aromatic amines is 2. The highest BCUT2D eigenvalue weighted by atomic mass is 16.5. The van der Waals surface area contributed by atoms with E-state index in [4.69, 9.17) is 4.98 Å². The number of carbonyl (C=O) groups is 3. The van der Waals surface area contributed by atoms with E-state index in [2.05, 4.69) is 87.5 Å². The first-order valence-corrected chi connectivity index (χ1v) is 17.2. The summed E-state index contributed by atoms with van der Waals surface area (Å²) in [5.74, 6) is 2.07. The SMILES string of the molecule is CCN(NC(=O)OC)C(=O)N1CCC[C@H]1c1ncc(-c2ccc(-c3ccc(-c4cnc([C@@H]5CCCN5C(=O)[C@@H](C)C(C)C)[nH]4)cc3)cc2)[nH]1. The molecule has 12 heteroatoms. The first kappa shape index (κ1) is 33.8. The van der Waals surface area contributed by atoms with Gasteiger partial charge in [-0.1, -0.05) is 69.3 Å². The molecular formula is C37H46N8O4. The van der Waals surface area contributed by atoms with Gasteiger partial charge in [-0.2, -0.15) is 0 Å². The monoisotopic (exact) mass is 666 g/mol. The van der Waals surface area contributed by atoms with Crippen molar-refractivity contribution in [3.8, 4) is 33.6 Å². The van der Waals surface area contributed by atoms with Crippen molar-refractivity contribution in [2.75, 3.05) is 26.7 Å². The summed E-state index contributed by atoms with van der Waals surface area (Å²) in [5, 5.41) is 1.26. The third kappa shape index (κ3) is 7.04. The van der Waals surface area contributed by atoms with Gasteiger partial charge >= 0.3 is 12.1 Å². The molecule has 2 aromatic heterocycles. The van der Waals surface area contributed by atoms with Gasteiger partial charge < -0.3 is 24.5 Å². The van der Waals surface area contributed by atoms with Gasteiger partial charge in [-0.05, 0) is 60.8 Å². The van der Waals surface area contributed by atoms with E-state index in [1.54, 1.807) is 18.0 Å². The fourth-order valence-corrected chi connectivity index (χ4v) is 6.70. The van der Waals surface area contributed by atoms with Crippen LogP contribution >= 0.6 is 0 Å². The van der Waals surface area contributed by atoms with Crippen molar-refractivity contribution in [3.63, 3.8) is 0 Å². The number of imidazole rings is 2. The number of nitrogens with one attached hydrogen (secondary N) is 3. The van der Waals surface area contributed by atoms with Gasteiger partial charge in [0.2, 0.25) is 5.91 Å². The van der Waals surface area contributed by atoms with Gasteiger partial charge in [0.15, 0.2) is 0 Å². The summed E-state index contributed by atoms with van der Waals surface area (Å²) in [6.45, 7) is 9.66. The molecule has 258 valence electrons. The third-order valence-corrected chi connectivity index (χ3v) is 9.93. The van der Waals surface area contributed by atoms with Crippen molar-refractivity contribution >= 4 is 18.0 Å². The first-order valence-electron chi connectivity index (χ1n) is 17.2. The van der Waals surface area contributed by atoms with E-state index in [-0.39, 0.29) is 29.9 Å². The van der Waals surface area contributed by atoms with Crippen molar-refractivity contribution < 1.29 is 19.1 Å². The fraction of sp³-hybridized carbons (Fsp3) is 0.432. The second-order valence-electron chi connectivity index (χ2n) is 13.2. The standard InChI is InChI=1S/C37H46N8O4/c1-6-45(42-36(47)49-5)37(48)44-20-8-10-32(44)34-39-22-30(41-34)28-17-13-26(14-18-28)25-11-15-27(16-12-25)29-21-38-33(40-29)31-9-7-19-43(31)35(46)24(4)23(2)3/h11-18,21-24,31-32H,6-10,19-20H2,1-5H3,(H,38,40)(H,39,41)(H,42,47)/t24-,31-,32-/m0/s1. The summed E-state index contributed by atoms with van der Waals surface area (Å²) in [7, 11) is 1.26. The van der Waals surface area contributed by atoms with Gasteiger partial charge in [-0.3, -0.25) is 4.79 Å². The van der Waals surface area contributed by atoms with Crippen LogP contribution in [0.4, 0.5) is 9.59 Å². The molecule has 2 aromatic carbocycles. The van der Waals surface area contributed by atoms with E-state index in [1.807, 2.05) is 18.0 Å². The highest BCUT2D eigenvalue weighted by Gasteiger charge is 2.36. The topological polar surface area (TPSA) is 140 Å². The van der Waals surface area contributed by atoms with Gasteiger partial charge in [0.25, 0.3) is 0 Å². The lowest BCUT2D eigenvalue weighted by molar-refractivity contribution is -0.137.